The van der Waals surface area contributed by atoms with Crippen LogP contribution in [0.4, 0.5) is 0 Å². The molecule has 0 spiro atoms. The Labute approximate surface area is 91.1 Å². The summed E-state index contributed by atoms with van der Waals surface area (Å²) in [4.78, 5) is 32.1. The molecule has 1 amide bonds. The van der Waals surface area contributed by atoms with E-state index in [0.29, 0.717) is 0 Å². The lowest BCUT2D eigenvalue weighted by molar-refractivity contribution is -0.145. The quantitative estimate of drug-likeness (QED) is 0.348. The van der Waals surface area contributed by atoms with Gasteiger partial charge in [-0.3, -0.25) is 9.59 Å². The van der Waals surface area contributed by atoms with Crippen molar-refractivity contribution in [3.63, 3.8) is 0 Å². The van der Waals surface area contributed by atoms with Crippen LogP contribution >= 0.6 is 0 Å². The van der Waals surface area contributed by atoms with Crippen LogP contribution in [0.1, 0.15) is 13.3 Å². The Hall–Kier alpha value is -1.67. The molecule has 0 aliphatic heterocycles. The van der Waals surface area contributed by atoms with Crippen molar-refractivity contribution >= 4 is 17.8 Å². The van der Waals surface area contributed by atoms with E-state index in [9.17, 15) is 14.4 Å². The van der Waals surface area contributed by atoms with E-state index in [-0.39, 0.29) is 0 Å². The van der Waals surface area contributed by atoms with E-state index in [1.807, 2.05) is 5.32 Å². The largest absolute Gasteiger partial charge is 0.481 e. The molecule has 92 valence electrons. The SMILES string of the molecule is C[C@@H](O)[C@@H](NC(=O)[C@@H](N)CC(=O)O)C(=O)O. The Balaban J connectivity index is 4.40. The zero-order valence-electron chi connectivity index (χ0n) is 8.58. The maximum Gasteiger partial charge on any atom is 0.328 e. The number of aliphatic hydroxyl groups excluding tert-OH is 1. The van der Waals surface area contributed by atoms with Crippen molar-refractivity contribution in [2.24, 2.45) is 5.73 Å². The summed E-state index contributed by atoms with van der Waals surface area (Å²) < 4.78 is 0. The molecule has 0 fully saturated rings. The van der Waals surface area contributed by atoms with Gasteiger partial charge < -0.3 is 26.4 Å². The van der Waals surface area contributed by atoms with Gasteiger partial charge in [0.1, 0.15) is 0 Å². The van der Waals surface area contributed by atoms with Gasteiger partial charge in [-0.05, 0) is 6.92 Å². The Morgan fingerprint density at radius 2 is 1.81 bits per heavy atom. The highest BCUT2D eigenvalue weighted by Gasteiger charge is 2.27. The van der Waals surface area contributed by atoms with E-state index in [0.717, 1.165) is 0 Å². The molecule has 0 rings (SSSR count). The minimum atomic E-state index is -1.51. The van der Waals surface area contributed by atoms with E-state index in [4.69, 9.17) is 21.1 Å². The molecule has 6 N–H and O–H groups in total. The maximum absolute atomic E-state index is 11.2. The molecule has 3 atom stereocenters. The second-order valence-corrected chi connectivity index (χ2v) is 3.27. The Morgan fingerprint density at radius 3 is 2.12 bits per heavy atom. The van der Waals surface area contributed by atoms with E-state index in [2.05, 4.69) is 0 Å². The fourth-order valence-corrected chi connectivity index (χ4v) is 0.930. The molecular formula is C8H14N2O6. The van der Waals surface area contributed by atoms with Crippen molar-refractivity contribution in [1.82, 2.24) is 5.32 Å². The van der Waals surface area contributed by atoms with Crippen LogP contribution in [0.5, 0.6) is 0 Å². The molecule has 8 heteroatoms. The number of carbonyl (C=O) groups excluding carboxylic acids is 1. The third kappa shape index (κ3) is 4.71. The highest BCUT2D eigenvalue weighted by Crippen LogP contribution is 1.96. The number of aliphatic carboxylic acids is 2. The first-order valence-electron chi connectivity index (χ1n) is 4.44. The summed E-state index contributed by atoms with van der Waals surface area (Å²) in [7, 11) is 0. The number of amides is 1. The number of hydrogen-bond acceptors (Lipinski definition) is 5. The van der Waals surface area contributed by atoms with Gasteiger partial charge in [0.25, 0.3) is 0 Å². The van der Waals surface area contributed by atoms with Gasteiger partial charge in [0.05, 0.1) is 18.6 Å². The number of carboxylic acid groups (broad SMARTS) is 2. The van der Waals surface area contributed by atoms with Gasteiger partial charge in [-0.15, -0.1) is 0 Å². The maximum atomic E-state index is 11.2. The number of carbonyl (C=O) groups is 3. The molecule has 0 unspecified atom stereocenters. The lowest BCUT2D eigenvalue weighted by Gasteiger charge is -2.18. The van der Waals surface area contributed by atoms with Gasteiger partial charge in [-0.2, -0.15) is 0 Å². The molecule has 0 aromatic heterocycles. The van der Waals surface area contributed by atoms with Gasteiger partial charge in [0.2, 0.25) is 5.91 Å². The normalized spacial score (nSPS) is 15.9. The van der Waals surface area contributed by atoms with Gasteiger partial charge in [-0.1, -0.05) is 0 Å². The second kappa shape index (κ2) is 6.03. The first kappa shape index (κ1) is 14.3. The molecule has 8 nitrogen and oxygen atoms in total. The summed E-state index contributed by atoms with van der Waals surface area (Å²) in [6, 6.07) is -2.86. The highest BCUT2D eigenvalue weighted by atomic mass is 16.4. The molecule has 0 aliphatic rings. The van der Waals surface area contributed by atoms with E-state index in [1.165, 1.54) is 6.92 Å². The lowest BCUT2D eigenvalue weighted by atomic mass is 10.1. The third-order valence-electron chi connectivity index (χ3n) is 1.78. The molecule has 0 heterocycles. The Kier molecular flexibility index (Phi) is 5.40. The fourth-order valence-electron chi connectivity index (χ4n) is 0.930. The molecule has 0 aromatic carbocycles. The fraction of sp³-hybridized carbons (Fsp3) is 0.625. The number of nitrogens with one attached hydrogen (secondary N) is 1. The molecule has 0 aliphatic carbocycles. The lowest BCUT2D eigenvalue weighted by Crippen LogP contribution is -2.53. The summed E-state index contributed by atoms with van der Waals surface area (Å²) in [6.07, 6.45) is -1.92. The van der Waals surface area contributed by atoms with Crippen LogP contribution in [0.15, 0.2) is 0 Å². The number of aliphatic hydroxyl groups is 1. The topological polar surface area (TPSA) is 150 Å². The van der Waals surface area contributed by atoms with E-state index in [1.54, 1.807) is 0 Å². The Morgan fingerprint density at radius 1 is 1.31 bits per heavy atom. The number of hydrogen-bond donors (Lipinski definition) is 5. The zero-order chi connectivity index (χ0) is 12.9. The van der Waals surface area contributed by atoms with Crippen LogP contribution in [-0.2, 0) is 14.4 Å². The molecular weight excluding hydrogens is 220 g/mol. The van der Waals surface area contributed by atoms with E-state index < -0.39 is 42.5 Å². The summed E-state index contributed by atoms with van der Waals surface area (Å²) >= 11 is 0. The first-order valence-corrected chi connectivity index (χ1v) is 4.44. The Bertz CT molecular complexity index is 290. The van der Waals surface area contributed by atoms with Gasteiger partial charge >= 0.3 is 11.9 Å². The molecule has 0 radical (unpaired) electrons. The minimum absolute atomic E-state index is 0.613. The summed E-state index contributed by atoms with van der Waals surface area (Å²) in [5.74, 6) is -3.63. The molecule has 0 aromatic rings. The predicted octanol–water partition coefficient (Wildman–Crippen LogP) is -2.26. The molecule has 0 saturated carbocycles. The number of carboxylic acids is 2. The van der Waals surface area contributed by atoms with Crippen molar-refractivity contribution in [3.8, 4) is 0 Å². The van der Waals surface area contributed by atoms with Crippen molar-refractivity contribution < 1.29 is 29.7 Å². The van der Waals surface area contributed by atoms with Crippen molar-refractivity contribution in [2.75, 3.05) is 0 Å². The smallest absolute Gasteiger partial charge is 0.328 e. The minimum Gasteiger partial charge on any atom is -0.481 e. The predicted molar refractivity (Wildman–Crippen MR) is 51.5 cm³/mol. The van der Waals surface area contributed by atoms with Crippen molar-refractivity contribution in [2.45, 2.75) is 31.5 Å². The summed E-state index contributed by atoms with van der Waals surface area (Å²) in [6.45, 7) is 1.18. The zero-order valence-corrected chi connectivity index (χ0v) is 8.58. The standard InChI is InChI=1S/C8H14N2O6/c1-3(11)6(8(15)16)10-7(14)4(9)2-5(12)13/h3-4,6,11H,2,9H2,1H3,(H,10,14)(H,12,13)(H,15,16)/t3-,4+,6-/m1/s1. The molecule has 0 bridgehead atoms. The van der Waals surface area contributed by atoms with Crippen LogP contribution in [0.3, 0.4) is 0 Å². The number of nitrogens with two attached hydrogens (primary N) is 1. The summed E-state index contributed by atoms with van der Waals surface area (Å²) in [5, 5.41) is 28.0. The molecule has 0 saturated heterocycles. The molecule has 16 heavy (non-hydrogen) atoms. The van der Waals surface area contributed by atoms with Crippen molar-refractivity contribution in [3.05, 3.63) is 0 Å². The third-order valence-corrected chi connectivity index (χ3v) is 1.78. The van der Waals surface area contributed by atoms with Crippen LogP contribution < -0.4 is 11.1 Å². The number of rotatable bonds is 6. The van der Waals surface area contributed by atoms with Crippen LogP contribution in [0.2, 0.25) is 0 Å². The average molecular weight is 234 g/mol. The van der Waals surface area contributed by atoms with Crippen LogP contribution in [0.25, 0.3) is 0 Å². The van der Waals surface area contributed by atoms with Crippen molar-refractivity contribution in [1.29, 1.82) is 0 Å². The van der Waals surface area contributed by atoms with Gasteiger partial charge in [0.15, 0.2) is 6.04 Å². The van der Waals surface area contributed by atoms with Crippen LogP contribution in [-0.4, -0.2) is 51.4 Å². The van der Waals surface area contributed by atoms with Gasteiger partial charge in [0, 0.05) is 0 Å². The highest BCUT2D eigenvalue weighted by molar-refractivity contribution is 5.89. The monoisotopic (exact) mass is 234 g/mol. The van der Waals surface area contributed by atoms with Crippen LogP contribution in [0, 0.1) is 0 Å². The first-order chi connectivity index (χ1) is 7.25. The van der Waals surface area contributed by atoms with E-state index >= 15 is 0 Å². The summed E-state index contributed by atoms with van der Waals surface area (Å²) in [5.41, 5.74) is 5.20. The van der Waals surface area contributed by atoms with Gasteiger partial charge in [-0.25, -0.2) is 4.79 Å². The second-order valence-electron chi connectivity index (χ2n) is 3.27. The average Bonchev–Trinajstić information content (AvgIpc) is 2.11.